The average Bonchev–Trinajstić information content (AvgIpc) is 3.21. The Balaban J connectivity index is 1.48. The van der Waals surface area contributed by atoms with Crippen molar-refractivity contribution in [2.75, 3.05) is 18.0 Å². The zero-order chi connectivity index (χ0) is 21.5. The maximum absolute atomic E-state index is 13.2. The molecular weight excluding hydrogens is 527 g/mol. The highest BCUT2D eigenvalue weighted by Crippen LogP contribution is 2.35. The molecule has 0 amide bonds. The second-order valence-electron chi connectivity index (χ2n) is 7.29. The minimum atomic E-state index is -3.52. The van der Waals surface area contributed by atoms with E-state index in [4.69, 9.17) is 28.2 Å². The van der Waals surface area contributed by atoms with Crippen molar-refractivity contribution in [1.29, 1.82) is 0 Å². The molecule has 9 heteroatoms. The second-order valence-corrected chi connectivity index (χ2v) is 12.1. The highest BCUT2D eigenvalue weighted by molar-refractivity contribution is 9.10. The standard InChI is InChI=1S/C21H19BrCl2N2O2S2/c1-13-9-20(18(24)11-17(13)23)30(27,28)16-5-7-26(8-6-16)21-25-19(12-29-21)14-3-2-4-15(22)10-14/h2-4,9-12,16H,5-8H2,1H3. The molecule has 4 rings (SSSR count). The van der Waals surface area contributed by atoms with Gasteiger partial charge in [0.1, 0.15) is 0 Å². The van der Waals surface area contributed by atoms with E-state index in [2.05, 4.69) is 20.8 Å². The lowest BCUT2D eigenvalue weighted by molar-refractivity contribution is 0.529. The van der Waals surface area contributed by atoms with Gasteiger partial charge >= 0.3 is 0 Å². The van der Waals surface area contributed by atoms with Crippen LogP contribution in [0.2, 0.25) is 10.0 Å². The maximum Gasteiger partial charge on any atom is 0.185 e. The number of halogens is 3. The minimum Gasteiger partial charge on any atom is -0.348 e. The number of nitrogens with zero attached hydrogens (tertiary/aromatic N) is 2. The summed E-state index contributed by atoms with van der Waals surface area (Å²) in [5, 5.41) is 3.15. The van der Waals surface area contributed by atoms with Crippen LogP contribution in [-0.4, -0.2) is 31.7 Å². The van der Waals surface area contributed by atoms with Gasteiger partial charge in [0, 0.05) is 33.5 Å². The number of aryl methyl sites for hydroxylation is 1. The highest BCUT2D eigenvalue weighted by Gasteiger charge is 2.33. The summed E-state index contributed by atoms with van der Waals surface area (Å²) in [6, 6.07) is 11.1. The third-order valence-electron chi connectivity index (χ3n) is 5.28. The fourth-order valence-electron chi connectivity index (χ4n) is 3.58. The number of hydrogen-bond acceptors (Lipinski definition) is 5. The summed E-state index contributed by atoms with van der Waals surface area (Å²) in [6.45, 7) is 3.06. The number of rotatable bonds is 4. The van der Waals surface area contributed by atoms with Gasteiger partial charge in [-0.25, -0.2) is 13.4 Å². The van der Waals surface area contributed by atoms with Gasteiger partial charge in [-0.2, -0.15) is 0 Å². The van der Waals surface area contributed by atoms with Crippen molar-refractivity contribution in [2.24, 2.45) is 0 Å². The van der Waals surface area contributed by atoms with Gasteiger partial charge in [-0.1, -0.05) is 51.3 Å². The van der Waals surface area contributed by atoms with Gasteiger partial charge in [-0.3, -0.25) is 0 Å². The molecule has 0 spiro atoms. The molecule has 1 fully saturated rings. The third kappa shape index (κ3) is 4.41. The molecule has 0 atom stereocenters. The van der Waals surface area contributed by atoms with Crippen molar-refractivity contribution >= 4 is 65.4 Å². The SMILES string of the molecule is Cc1cc(S(=O)(=O)C2CCN(c3nc(-c4cccc(Br)c4)cs3)CC2)c(Cl)cc1Cl. The van der Waals surface area contributed by atoms with Crippen LogP contribution < -0.4 is 4.90 Å². The normalized spacial score (nSPS) is 15.5. The molecule has 0 saturated carbocycles. The summed E-state index contributed by atoms with van der Waals surface area (Å²) in [4.78, 5) is 7.10. The van der Waals surface area contributed by atoms with E-state index >= 15 is 0 Å². The van der Waals surface area contributed by atoms with Crippen molar-refractivity contribution in [1.82, 2.24) is 4.98 Å². The monoisotopic (exact) mass is 544 g/mol. The number of benzene rings is 2. The van der Waals surface area contributed by atoms with Gasteiger partial charge in [-0.15, -0.1) is 11.3 Å². The Morgan fingerprint density at radius 3 is 2.57 bits per heavy atom. The molecule has 3 aromatic rings. The van der Waals surface area contributed by atoms with Gasteiger partial charge < -0.3 is 4.90 Å². The minimum absolute atomic E-state index is 0.177. The summed E-state index contributed by atoms with van der Waals surface area (Å²) in [5.41, 5.74) is 2.69. The number of aromatic nitrogens is 1. The molecule has 1 saturated heterocycles. The van der Waals surface area contributed by atoms with E-state index in [1.54, 1.807) is 24.3 Å². The first-order chi connectivity index (χ1) is 14.3. The fourth-order valence-corrected chi connectivity index (χ4v) is 7.43. The van der Waals surface area contributed by atoms with Crippen LogP contribution in [0.3, 0.4) is 0 Å². The Bertz CT molecular complexity index is 1190. The lowest BCUT2D eigenvalue weighted by Crippen LogP contribution is -2.39. The van der Waals surface area contributed by atoms with Gasteiger partial charge in [0.05, 0.1) is 20.9 Å². The zero-order valence-electron chi connectivity index (χ0n) is 16.1. The van der Waals surface area contributed by atoms with Crippen molar-refractivity contribution in [3.05, 3.63) is 61.9 Å². The van der Waals surface area contributed by atoms with E-state index < -0.39 is 15.1 Å². The van der Waals surface area contributed by atoms with E-state index in [9.17, 15) is 8.42 Å². The van der Waals surface area contributed by atoms with Crippen LogP contribution in [0.4, 0.5) is 5.13 Å². The van der Waals surface area contributed by atoms with Crippen molar-refractivity contribution in [2.45, 2.75) is 29.9 Å². The Morgan fingerprint density at radius 2 is 1.87 bits per heavy atom. The lowest BCUT2D eigenvalue weighted by atomic mass is 10.1. The summed E-state index contributed by atoms with van der Waals surface area (Å²) >= 11 is 17.4. The number of hydrogen-bond donors (Lipinski definition) is 0. The first kappa shape index (κ1) is 22.1. The molecule has 1 aliphatic rings. The van der Waals surface area contributed by atoms with Crippen molar-refractivity contribution in [3.8, 4) is 11.3 Å². The van der Waals surface area contributed by atoms with E-state index in [-0.39, 0.29) is 9.92 Å². The predicted octanol–water partition coefficient (Wildman–Crippen LogP) is 6.63. The van der Waals surface area contributed by atoms with Crippen LogP contribution in [0.25, 0.3) is 11.3 Å². The van der Waals surface area contributed by atoms with E-state index in [1.807, 2.05) is 29.6 Å². The average molecular weight is 546 g/mol. The number of thiazole rings is 1. The molecule has 2 heterocycles. The maximum atomic E-state index is 13.2. The largest absolute Gasteiger partial charge is 0.348 e. The molecule has 0 N–H and O–H groups in total. The first-order valence-electron chi connectivity index (χ1n) is 9.41. The Kier molecular flexibility index (Phi) is 6.47. The second kappa shape index (κ2) is 8.79. The first-order valence-corrected chi connectivity index (χ1v) is 13.4. The van der Waals surface area contributed by atoms with Gasteiger partial charge in [0.25, 0.3) is 0 Å². The topological polar surface area (TPSA) is 50.3 Å². The van der Waals surface area contributed by atoms with Crippen molar-refractivity contribution < 1.29 is 8.42 Å². The molecule has 1 aliphatic heterocycles. The van der Waals surface area contributed by atoms with Crippen LogP contribution in [0.15, 0.2) is 51.1 Å². The number of piperidine rings is 1. The zero-order valence-corrected chi connectivity index (χ0v) is 20.8. The molecule has 0 bridgehead atoms. The fraction of sp³-hybridized carbons (Fsp3) is 0.286. The molecule has 0 aliphatic carbocycles. The van der Waals surface area contributed by atoms with E-state index in [0.717, 1.165) is 20.9 Å². The Hall–Kier alpha value is -1.12. The smallest absolute Gasteiger partial charge is 0.185 e. The third-order valence-corrected chi connectivity index (χ3v) is 9.81. The summed E-state index contributed by atoms with van der Waals surface area (Å²) < 4.78 is 27.4. The van der Waals surface area contributed by atoms with E-state index in [1.165, 1.54) is 6.07 Å². The van der Waals surface area contributed by atoms with Crippen LogP contribution in [0.1, 0.15) is 18.4 Å². The molecule has 0 unspecified atom stereocenters. The molecule has 1 aromatic heterocycles. The lowest BCUT2D eigenvalue weighted by Gasteiger charge is -2.31. The number of anilines is 1. The summed E-state index contributed by atoms with van der Waals surface area (Å²) in [6.07, 6.45) is 1.07. The van der Waals surface area contributed by atoms with Crippen LogP contribution >= 0.6 is 50.5 Å². The Morgan fingerprint density at radius 1 is 1.13 bits per heavy atom. The Labute approximate surface area is 198 Å². The molecule has 0 radical (unpaired) electrons. The van der Waals surface area contributed by atoms with Crippen LogP contribution in [-0.2, 0) is 9.84 Å². The number of sulfone groups is 1. The summed E-state index contributed by atoms with van der Waals surface area (Å²) in [5.74, 6) is 0. The predicted molar refractivity (Wildman–Crippen MR) is 129 cm³/mol. The van der Waals surface area contributed by atoms with Gasteiger partial charge in [0.2, 0.25) is 0 Å². The highest BCUT2D eigenvalue weighted by atomic mass is 79.9. The molecule has 30 heavy (non-hydrogen) atoms. The van der Waals surface area contributed by atoms with E-state index in [0.29, 0.717) is 36.5 Å². The molecular formula is C21H19BrCl2N2O2S2. The molecule has 4 nitrogen and oxygen atoms in total. The van der Waals surface area contributed by atoms with Crippen LogP contribution in [0, 0.1) is 6.92 Å². The van der Waals surface area contributed by atoms with Gasteiger partial charge in [-0.05, 0) is 49.6 Å². The summed E-state index contributed by atoms with van der Waals surface area (Å²) in [7, 11) is -3.52. The molecule has 158 valence electrons. The van der Waals surface area contributed by atoms with Crippen LogP contribution in [0.5, 0.6) is 0 Å². The van der Waals surface area contributed by atoms with Gasteiger partial charge in [0.15, 0.2) is 15.0 Å². The molecule has 2 aromatic carbocycles. The quantitative estimate of drug-likeness (QED) is 0.369. The van der Waals surface area contributed by atoms with Crippen molar-refractivity contribution in [3.63, 3.8) is 0 Å².